The Labute approximate surface area is 215 Å². The lowest BCUT2D eigenvalue weighted by Crippen LogP contribution is -2.55. The van der Waals surface area contributed by atoms with Gasteiger partial charge in [0.2, 0.25) is 5.91 Å². The number of benzene rings is 2. The van der Waals surface area contributed by atoms with E-state index >= 15 is 0 Å². The van der Waals surface area contributed by atoms with Crippen LogP contribution in [0.1, 0.15) is 41.5 Å². The summed E-state index contributed by atoms with van der Waals surface area (Å²) in [6.07, 6.45) is -2.96. The number of β-amino-alcohol motifs (C(OH)–C–C–N with tert-alkyl or cyclic N) is 1. The normalized spacial score (nSPS) is 27.1. The van der Waals surface area contributed by atoms with Crippen LogP contribution in [0.4, 0.5) is 13.2 Å². The second-order valence-electron chi connectivity index (χ2n) is 10.3. The van der Waals surface area contributed by atoms with Gasteiger partial charge in [0.25, 0.3) is 0 Å². The van der Waals surface area contributed by atoms with E-state index in [4.69, 9.17) is 9.47 Å². The first-order valence-electron chi connectivity index (χ1n) is 12.9. The number of aliphatic hydroxyl groups excluding tert-OH is 1. The van der Waals surface area contributed by atoms with Crippen molar-refractivity contribution in [3.05, 3.63) is 70.8 Å². The molecule has 2 aromatic carbocycles. The van der Waals surface area contributed by atoms with Gasteiger partial charge in [-0.1, -0.05) is 36.4 Å². The van der Waals surface area contributed by atoms with E-state index in [9.17, 15) is 23.1 Å². The fraction of sp³-hybridized carbons (Fsp3) is 0.536. The topological polar surface area (TPSA) is 62.2 Å². The van der Waals surface area contributed by atoms with E-state index < -0.39 is 17.8 Å². The fourth-order valence-corrected chi connectivity index (χ4v) is 5.69. The van der Waals surface area contributed by atoms with Crippen molar-refractivity contribution in [2.75, 3.05) is 26.3 Å². The molecule has 3 aliphatic heterocycles. The summed E-state index contributed by atoms with van der Waals surface area (Å²) in [5, 5.41) is 10.4. The fourth-order valence-electron chi connectivity index (χ4n) is 5.69. The van der Waals surface area contributed by atoms with E-state index in [1.54, 1.807) is 0 Å². The van der Waals surface area contributed by atoms with Gasteiger partial charge in [0.15, 0.2) is 0 Å². The zero-order valence-electron chi connectivity index (χ0n) is 20.7. The first kappa shape index (κ1) is 26.2. The molecule has 0 spiro atoms. The van der Waals surface area contributed by atoms with Crippen molar-refractivity contribution in [3.63, 3.8) is 0 Å². The molecule has 2 saturated heterocycles. The lowest BCUT2D eigenvalue weighted by molar-refractivity contribution is -0.161. The van der Waals surface area contributed by atoms with Crippen LogP contribution in [0.2, 0.25) is 0 Å². The second kappa shape index (κ2) is 11.1. The van der Waals surface area contributed by atoms with Gasteiger partial charge in [-0.25, -0.2) is 0 Å². The minimum absolute atomic E-state index is 0.0644. The van der Waals surface area contributed by atoms with E-state index in [1.807, 2.05) is 17.0 Å². The van der Waals surface area contributed by atoms with Crippen molar-refractivity contribution in [1.82, 2.24) is 9.80 Å². The molecular formula is C28H33F3N2O4. The number of aliphatic hydroxyl groups is 1. The number of alkyl halides is 3. The summed E-state index contributed by atoms with van der Waals surface area (Å²) in [6, 6.07) is 13.3. The smallest absolute Gasteiger partial charge is 0.389 e. The minimum atomic E-state index is -4.38. The van der Waals surface area contributed by atoms with E-state index in [2.05, 4.69) is 17.0 Å². The van der Waals surface area contributed by atoms with Crippen molar-refractivity contribution >= 4 is 5.91 Å². The number of hydrogen-bond donors (Lipinski definition) is 1. The number of carbonyl (C=O) groups is 1. The molecule has 37 heavy (non-hydrogen) atoms. The molecule has 6 nitrogen and oxygen atoms in total. The van der Waals surface area contributed by atoms with Crippen LogP contribution in [-0.4, -0.2) is 71.5 Å². The lowest BCUT2D eigenvalue weighted by atomic mass is 9.93. The molecule has 5 rings (SSSR count). The van der Waals surface area contributed by atoms with Crippen molar-refractivity contribution in [1.29, 1.82) is 0 Å². The number of rotatable bonds is 4. The largest absolute Gasteiger partial charge is 0.416 e. The van der Waals surface area contributed by atoms with Gasteiger partial charge in [0.1, 0.15) is 0 Å². The number of amides is 1. The molecule has 0 saturated carbocycles. The van der Waals surface area contributed by atoms with Gasteiger partial charge >= 0.3 is 6.18 Å². The third-order valence-corrected chi connectivity index (χ3v) is 7.64. The first-order chi connectivity index (χ1) is 17.8. The average molecular weight is 519 g/mol. The molecule has 2 aromatic rings. The van der Waals surface area contributed by atoms with Crippen LogP contribution in [0.5, 0.6) is 0 Å². The van der Waals surface area contributed by atoms with Crippen LogP contribution in [-0.2, 0) is 40.0 Å². The second-order valence-corrected chi connectivity index (χ2v) is 10.3. The van der Waals surface area contributed by atoms with Crippen molar-refractivity contribution < 1.29 is 32.5 Å². The van der Waals surface area contributed by atoms with Gasteiger partial charge < -0.3 is 19.5 Å². The number of carbonyl (C=O) groups excluding carboxylic acids is 1. The molecule has 200 valence electrons. The summed E-state index contributed by atoms with van der Waals surface area (Å²) in [4.78, 5) is 17.1. The van der Waals surface area contributed by atoms with Crippen LogP contribution in [0, 0.1) is 0 Å². The van der Waals surface area contributed by atoms with E-state index in [0.717, 1.165) is 30.5 Å². The number of ether oxygens (including phenoxy) is 2. The molecule has 1 N–H and O–H groups in total. The van der Waals surface area contributed by atoms with Crippen molar-refractivity contribution in [2.45, 2.75) is 69.3 Å². The predicted molar refractivity (Wildman–Crippen MR) is 131 cm³/mol. The Hall–Kier alpha value is -2.46. The summed E-state index contributed by atoms with van der Waals surface area (Å²) in [5.41, 5.74) is 2.55. The maximum atomic E-state index is 13.1. The Bertz CT molecular complexity index is 1080. The molecule has 0 bridgehead atoms. The van der Waals surface area contributed by atoms with Crippen LogP contribution in [0.3, 0.4) is 0 Å². The van der Waals surface area contributed by atoms with Crippen LogP contribution in [0.25, 0.3) is 0 Å². The van der Waals surface area contributed by atoms with Gasteiger partial charge in [-0.15, -0.1) is 0 Å². The van der Waals surface area contributed by atoms with Crippen LogP contribution < -0.4 is 0 Å². The molecule has 0 aromatic heterocycles. The first-order valence-corrected chi connectivity index (χ1v) is 12.9. The minimum Gasteiger partial charge on any atom is -0.389 e. The van der Waals surface area contributed by atoms with Crippen molar-refractivity contribution in [2.24, 2.45) is 0 Å². The molecule has 0 unspecified atom stereocenters. The highest BCUT2D eigenvalue weighted by molar-refractivity contribution is 5.77. The Morgan fingerprint density at radius 2 is 1.78 bits per heavy atom. The van der Waals surface area contributed by atoms with E-state index in [-0.39, 0.29) is 30.8 Å². The zero-order valence-corrected chi connectivity index (χ0v) is 20.7. The summed E-state index contributed by atoms with van der Waals surface area (Å²) < 4.78 is 51.0. The summed E-state index contributed by atoms with van der Waals surface area (Å²) >= 11 is 0. The summed E-state index contributed by atoms with van der Waals surface area (Å²) in [7, 11) is 0. The maximum Gasteiger partial charge on any atom is 0.416 e. The predicted octanol–water partition coefficient (Wildman–Crippen LogP) is 3.79. The van der Waals surface area contributed by atoms with Gasteiger partial charge in [-0.3, -0.25) is 9.69 Å². The standard InChI is InChI=1S/C28H33F3N2O4/c29-28(30,31)22-7-5-19(6-8-22)14-33-16-23(34)17-36-18-26-25(33)10-9-24(37-26)13-27(35)32-12-11-20-3-1-2-4-21(20)15-32/h1-8,23-26,34H,9-18H2/t23-,24-,25+,26-/m0/s1. The summed E-state index contributed by atoms with van der Waals surface area (Å²) in [5.74, 6) is 0.0850. The van der Waals surface area contributed by atoms with E-state index in [0.29, 0.717) is 45.6 Å². The number of fused-ring (bicyclic) bond motifs is 2. The molecule has 2 fully saturated rings. The highest BCUT2D eigenvalue weighted by Crippen LogP contribution is 2.32. The Morgan fingerprint density at radius 3 is 2.54 bits per heavy atom. The molecule has 3 heterocycles. The quantitative estimate of drug-likeness (QED) is 0.668. The van der Waals surface area contributed by atoms with Gasteiger partial charge in [0.05, 0.1) is 43.5 Å². The average Bonchev–Trinajstić information content (AvgIpc) is 2.87. The molecule has 0 aliphatic carbocycles. The Morgan fingerprint density at radius 1 is 1.03 bits per heavy atom. The molecule has 3 aliphatic rings. The van der Waals surface area contributed by atoms with Gasteiger partial charge in [-0.05, 0) is 48.1 Å². The molecule has 4 atom stereocenters. The number of hydrogen-bond acceptors (Lipinski definition) is 5. The third-order valence-electron chi connectivity index (χ3n) is 7.64. The Balaban J connectivity index is 1.22. The zero-order chi connectivity index (χ0) is 26.0. The van der Waals surface area contributed by atoms with Crippen LogP contribution >= 0.6 is 0 Å². The number of halogens is 3. The highest BCUT2D eigenvalue weighted by atomic mass is 19.4. The monoisotopic (exact) mass is 518 g/mol. The Kier molecular flexibility index (Phi) is 7.85. The highest BCUT2D eigenvalue weighted by Gasteiger charge is 2.39. The SMILES string of the molecule is O=C(C[C@@H]1CC[C@@H]2[C@H](COC[C@@H](O)CN2Cc2ccc(C(F)(F)F)cc2)O1)N1CCc2ccccc2C1. The molecule has 0 radical (unpaired) electrons. The van der Waals surface area contributed by atoms with Crippen LogP contribution in [0.15, 0.2) is 48.5 Å². The van der Waals surface area contributed by atoms with Crippen molar-refractivity contribution in [3.8, 4) is 0 Å². The molecule has 9 heteroatoms. The third kappa shape index (κ3) is 6.34. The molecule has 1 amide bonds. The van der Waals surface area contributed by atoms with Gasteiger partial charge in [0, 0.05) is 32.2 Å². The maximum absolute atomic E-state index is 13.1. The lowest BCUT2D eigenvalue weighted by Gasteiger charge is -2.44. The van der Waals surface area contributed by atoms with Gasteiger partial charge in [-0.2, -0.15) is 13.2 Å². The summed E-state index contributed by atoms with van der Waals surface area (Å²) in [6.45, 7) is 2.52. The molecular weight excluding hydrogens is 485 g/mol. The number of nitrogens with zero attached hydrogens (tertiary/aromatic N) is 2. The van der Waals surface area contributed by atoms with E-state index in [1.165, 1.54) is 23.3 Å².